The summed E-state index contributed by atoms with van der Waals surface area (Å²) in [4.78, 5) is 7.07. The molecule has 0 bridgehead atoms. The minimum absolute atomic E-state index is 0.289. The van der Waals surface area contributed by atoms with Crippen molar-refractivity contribution >= 4 is 23.4 Å². The molecule has 164 valence electrons. The van der Waals surface area contributed by atoms with E-state index in [1.165, 1.54) is 24.3 Å². The van der Waals surface area contributed by atoms with E-state index < -0.39 is 0 Å². The smallest absolute Gasteiger partial charge is 0.191 e. The molecule has 1 fully saturated rings. The Kier molecular flexibility index (Phi) is 8.01. The highest BCUT2D eigenvalue weighted by molar-refractivity contribution is 8.00. The summed E-state index contributed by atoms with van der Waals surface area (Å²) in [5.41, 5.74) is 1.24. The number of nitrogens with one attached hydrogen (secondary N) is 2. The molecule has 1 aromatic carbocycles. The lowest BCUT2D eigenvalue weighted by Gasteiger charge is -2.25. The van der Waals surface area contributed by atoms with E-state index in [4.69, 9.17) is 4.99 Å². The van der Waals surface area contributed by atoms with Crippen LogP contribution in [0.2, 0.25) is 0 Å². The van der Waals surface area contributed by atoms with Crippen LogP contribution in [0.3, 0.4) is 0 Å². The van der Waals surface area contributed by atoms with Crippen LogP contribution in [-0.2, 0) is 13.6 Å². The number of nitrogens with zero attached hydrogens (tertiary/aromatic N) is 5. The minimum Gasteiger partial charge on any atom is -0.375 e. The fourth-order valence-electron chi connectivity index (χ4n) is 3.49. The maximum Gasteiger partial charge on any atom is 0.191 e. The first kappa shape index (κ1) is 22.5. The molecule has 2 aromatic rings. The Hall–Kier alpha value is -2.22. The van der Waals surface area contributed by atoms with E-state index in [2.05, 4.69) is 81.8 Å². The molecule has 7 nitrogen and oxygen atoms in total. The van der Waals surface area contributed by atoms with Crippen molar-refractivity contribution in [3.8, 4) is 0 Å². The molecule has 1 saturated heterocycles. The molecule has 0 amide bonds. The first-order valence-electron chi connectivity index (χ1n) is 10.7. The van der Waals surface area contributed by atoms with Crippen molar-refractivity contribution in [1.29, 1.82) is 0 Å². The summed E-state index contributed by atoms with van der Waals surface area (Å²) in [5.74, 6) is 3.88. The zero-order valence-corrected chi connectivity index (χ0v) is 19.5. The molecule has 8 heteroatoms. The lowest BCUT2D eigenvalue weighted by atomic mass is 10.1. The maximum absolute atomic E-state index is 4.78. The van der Waals surface area contributed by atoms with Gasteiger partial charge in [0.15, 0.2) is 11.8 Å². The Balaban J connectivity index is 1.53. The first-order valence-corrected chi connectivity index (χ1v) is 11.7. The van der Waals surface area contributed by atoms with Crippen LogP contribution in [0.25, 0.3) is 0 Å². The van der Waals surface area contributed by atoms with Gasteiger partial charge in [0.25, 0.3) is 0 Å². The first-order chi connectivity index (χ1) is 14.5. The third kappa shape index (κ3) is 6.39. The van der Waals surface area contributed by atoms with Gasteiger partial charge in [-0.1, -0.05) is 18.2 Å². The van der Waals surface area contributed by atoms with Crippen molar-refractivity contribution < 1.29 is 0 Å². The molecule has 1 aliphatic heterocycles. The fraction of sp³-hybridized carbons (Fsp3) is 0.591. The van der Waals surface area contributed by atoms with Crippen LogP contribution < -0.4 is 15.5 Å². The van der Waals surface area contributed by atoms with Gasteiger partial charge < -0.3 is 20.1 Å². The molecule has 1 atom stereocenters. The number of hydrogen-bond donors (Lipinski definition) is 2. The summed E-state index contributed by atoms with van der Waals surface area (Å²) in [6.45, 7) is 7.59. The van der Waals surface area contributed by atoms with E-state index in [0.29, 0.717) is 6.54 Å². The number of aliphatic imine (C=N–C) groups is 1. The Morgan fingerprint density at radius 3 is 2.73 bits per heavy atom. The van der Waals surface area contributed by atoms with Gasteiger partial charge in [-0.3, -0.25) is 0 Å². The number of rotatable bonds is 9. The SMILES string of the molecule is Cc1nnc(CN=C(NCCCN(C)c2ccccc2)NCC2(C)CCCS2)n1C. The molecule has 0 radical (unpaired) electrons. The van der Waals surface area contributed by atoms with Crippen molar-refractivity contribution in [3.05, 3.63) is 42.0 Å². The van der Waals surface area contributed by atoms with Crippen LogP contribution >= 0.6 is 11.8 Å². The molecule has 1 unspecified atom stereocenters. The number of benzene rings is 1. The molecule has 2 heterocycles. The second kappa shape index (κ2) is 10.7. The monoisotopic (exact) mass is 429 g/mol. The average molecular weight is 430 g/mol. The Morgan fingerprint density at radius 1 is 1.27 bits per heavy atom. The number of guanidine groups is 1. The van der Waals surface area contributed by atoms with Gasteiger partial charge in [0.2, 0.25) is 0 Å². The number of anilines is 1. The van der Waals surface area contributed by atoms with Crippen LogP contribution in [0.1, 0.15) is 37.8 Å². The predicted octanol–water partition coefficient (Wildman–Crippen LogP) is 2.97. The Morgan fingerprint density at radius 2 is 2.07 bits per heavy atom. The molecule has 2 N–H and O–H groups in total. The number of hydrogen-bond acceptors (Lipinski definition) is 5. The van der Waals surface area contributed by atoms with Crippen LogP contribution in [0, 0.1) is 6.92 Å². The normalized spacial score (nSPS) is 19.1. The predicted molar refractivity (Wildman–Crippen MR) is 127 cm³/mol. The van der Waals surface area contributed by atoms with Crippen LogP contribution in [0.15, 0.2) is 35.3 Å². The highest BCUT2D eigenvalue weighted by Crippen LogP contribution is 2.36. The molecule has 0 saturated carbocycles. The molecule has 1 aliphatic rings. The van der Waals surface area contributed by atoms with Gasteiger partial charge in [-0.2, -0.15) is 11.8 Å². The van der Waals surface area contributed by atoms with Crippen molar-refractivity contribution in [2.75, 3.05) is 37.3 Å². The van der Waals surface area contributed by atoms with Gasteiger partial charge in [0.1, 0.15) is 12.4 Å². The van der Waals surface area contributed by atoms with Gasteiger partial charge in [-0.25, -0.2) is 4.99 Å². The maximum atomic E-state index is 4.78. The van der Waals surface area contributed by atoms with Gasteiger partial charge in [-0.15, -0.1) is 10.2 Å². The highest BCUT2D eigenvalue weighted by Gasteiger charge is 2.29. The summed E-state index contributed by atoms with van der Waals surface area (Å²) >= 11 is 2.06. The zero-order valence-electron chi connectivity index (χ0n) is 18.7. The summed E-state index contributed by atoms with van der Waals surface area (Å²) in [5, 5.41) is 15.4. The van der Waals surface area contributed by atoms with Gasteiger partial charge >= 0.3 is 0 Å². The second-order valence-corrected chi connectivity index (χ2v) is 9.86. The number of aryl methyl sites for hydroxylation is 1. The summed E-state index contributed by atoms with van der Waals surface area (Å²) in [6.07, 6.45) is 3.58. The minimum atomic E-state index is 0.289. The van der Waals surface area contributed by atoms with E-state index in [0.717, 1.165) is 43.7 Å². The second-order valence-electron chi connectivity index (χ2n) is 8.18. The quantitative estimate of drug-likeness (QED) is 0.363. The van der Waals surface area contributed by atoms with Crippen molar-refractivity contribution in [1.82, 2.24) is 25.4 Å². The molecule has 1 aromatic heterocycles. The molecular weight excluding hydrogens is 394 g/mol. The van der Waals surface area contributed by atoms with E-state index >= 15 is 0 Å². The summed E-state index contributed by atoms with van der Waals surface area (Å²) < 4.78 is 2.28. The van der Waals surface area contributed by atoms with Gasteiger partial charge in [0.05, 0.1) is 0 Å². The molecule has 30 heavy (non-hydrogen) atoms. The van der Waals surface area contributed by atoms with E-state index in [1.54, 1.807) is 0 Å². The van der Waals surface area contributed by atoms with Gasteiger partial charge in [-0.05, 0) is 51.0 Å². The summed E-state index contributed by atoms with van der Waals surface area (Å²) in [6, 6.07) is 10.5. The highest BCUT2D eigenvalue weighted by atomic mass is 32.2. The van der Waals surface area contributed by atoms with E-state index in [9.17, 15) is 0 Å². The lowest BCUT2D eigenvalue weighted by molar-refractivity contribution is 0.582. The Bertz CT molecular complexity index is 812. The Labute approximate surface area is 184 Å². The molecular formula is C22H35N7S. The van der Waals surface area contributed by atoms with Gasteiger partial charge in [0, 0.05) is 44.2 Å². The lowest BCUT2D eigenvalue weighted by Crippen LogP contribution is -2.44. The fourth-order valence-corrected chi connectivity index (χ4v) is 4.74. The molecule has 0 aliphatic carbocycles. The van der Waals surface area contributed by atoms with E-state index in [1.807, 2.05) is 18.5 Å². The van der Waals surface area contributed by atoms with Crippen molar-refractivity contribution in [3.63, 3.8) is 0 Å². The van der Waals surface area contributed by atoms with Crippen LogP contribution in [0.5, 0.6) is 0 Å². The summed E-state index contributed by atoms with van der Waals surface area (Å²) in [7, 11) is 4.12. The van der Waals surface area contributed by atoms with Crippen molar-refractivity contribution in [2.24, 2.45) is 12.0 Å². The topological polar surface area (TPSA) is 70.4 Å². The van der Waals surface area contributed by atoms with Crippen molar-refractivity contribution in [2.45, 2.75) is 44.4 Å². The van der Waals surface area contributed by atoms with Crippen LogP contribution in [0.4, 0.5) is 5.69 Å². The third-order valence-corrected chi connectivity index (χ3v) is 7.19. The standard InChI is InChI=1S/C22H35N7S/c1-18-26-27-20(29(18)4)16-24-21(25-17-22(2)12-8-15-30-22)23-13-9-14-28(3)19-10-6-5-7-11-19/h5-7,10-11H,8-9,12-17H2,1-4H3,(H2,23,24,25). The number of aromatic nitrogens is 3. The number of thioether (sulfide) groups is 1. The molecule has 3 rings (SSSR count). The average Bonchev–Trinajstić information content (AvgIpc) is 3.33. The largest absolute Gasteiger partial charge is 0.375 e. The molecule has 0 spiro atoms. The zero-order chi connectivity index (χ0) is 21.4. The third-order valence-electron chi connectivity index (χ3n) is 5.65. The van der Waals surface area contributed by atoms with Crippen LogP contribution in [-0.4, -0.2) is 57.9 Å². The number of para-hydroxylation sites is 1. The van der Waals surface area contributed by atoms with E-state index in [-0.39, 0.29) is 4.75 Å².